The molecule has 0 aliphatic heterocycles. The lowest BCUT2D eigenvalue weighted by Crippen LogP contribution is -2.13. The van der Waals surface area contributed by atoms with Crippen LogP contribution in [0.1, 0.15) is 10.4 Å². The number of Topliss-reactive ketones (excluding diaryl/α,β-unsaturated/α-hetero) is 1. The molecule has 2 N–H and O–H groups in total. The second kappa shape index (κ2) is 5.42. The Labute approximate surface area is 104 Å². The molecule has 0 saturated carbocycles. The first kappa shape index (κ1) is 12.3. The molecule has 92 valence electrons. The quantitative estimate of drug-likeness (QED) is 0.842. The lowest BCUT2D eigenvalue weighted by atomic mass is 10.1. The molecule has 0 aliphatic rings. The maximum Gasteiger partial charge on any atom is 0.176 e. The smallest absolute Gasteiger partial charge is 0.176 e. The van der Waals surface area contributed by atoms with Crippen molar-refractivity contribution in [3.05, 3.63) is 59.9 Å². The molecule has 0 bridgehead atoms. The Bertz CT molecular complexity index is 535. The van der Waals surface area contributed by atoms with E-state index in [2.05, 4.69) is 0 Å². The highest BCUT2D eigenvalue weighted by Gasteiger charge is 2.03. The number of benzene rings is 2. The maximum absolute atomic E-state index is 12.7. The van der Waals surface area contributed by atoms with E-state index in [0.29, 0.717) is 17.1 Å². The van der Waals surface area contributed by atoms with Gasteiger partial charge in [-0.3, -0.25) is 4.79 Å². The number of ketones is 1. The van der Waals surface area contributed by atoms with Crippen LogP contribution in [0.4, 0.5) is 4.39 Å². The summed E-state index contributed by atoms with van der Waals surface area (Å²) in [6.45, 7) is -0.0157. The average Bonchev–Trinajstić information content (AvgIpc) is 2.41. The summed E-state index contributed by atoms with van der Waals surface area (Å²) in [4.78, 5) is 11.3. The van der Waals surface area contributed by atoms with Crippen LogP contribution in [0.25, 0.3) is 0 Å². The van der Waals surface area contributed by atoms with E-state index in [0.717, 1.165) is 0 Å². The highest BCUT2D eigenvalue weighted by Crippen LogP contribution is 2.21. The summed E-state index contributed by atoms with van der Waals surface area (Å²) < 4.78 is 18.2. The SMILES string of the molecule is NCC(=O)c1ccc(Oc2ccc(F)cc2)cc1. The Balaban J connectivity index is 2.10. The monoisotopic (exact) mass is 245 g/mol. The van der Waals surface area contributed by atoms with Crippen molar-refractivity contribution < 1.29 is 13.9 Å². The van der Waals surface area contributed by atoms with Crippen molar-refractivity contribution >= 4 is 5.78 Å². The van der Waals surface area contributed by atoms with Crippen LogP contribution < -0.4 is 10.5 Å². The third-order valence-electron chi connectivity index (χ3n) is 2.41. The molecular weight excluding hydrogens is 233 g/mol. The Morgan fingerprint density at radius 1 is 1.00 bits per heavy atom. The molecule has 0 heterocycles. The van der Waals surface area contributed by atoms with E-state index in [9.17, 15) is 9.18 Å². The fourth-order valence-corrected chi connectivity index (χ4v) is 1.47. The van der Waals surface area contributed by atoms with E-state index < -0.39 is 0 Å². The first-order valence-electron chi connectivity index (χ1n) is 5.46. The summed E-state index contributed by atoms with van der Waals surface area (Å²) in [5.41, 5.74) is 5.81. The van der Waals surface area contributed by atoms with Crippen molar-refractivity contribution in [1.82, 2.24) is 0 Å². The van der Waals surface area contributed by atoms with Gasteiger partial charge in [0, 0.05) is 5.56 Å². The molecule has 0 atom stereocenters. The lowest BCUT2D eigenvalue weighted by Gasteiger charge is -2.06. The predicted molar refractivity (Wildman–Crippen MR) is 66.3 cm³/mol. The Hall–Kier alpha value is -2.20. The van der Waals surface area contributed by atoms with Crippen molar-refractivity contribution in [1.29, 1.82) is 0 Å². The molecule has 2 aromatic carbocycles. The van der Waals surface area contributed by atoms with Gasteiger partial charge in [0.25, 0.3) is 0 Å². The molecule has 0 radical (unpaired) electrons. The highest BCUT2D eigenvalue weighted by atomic mass is 19.1. The molecule has 2 aromatic rings. The van der Waals surface area contributed by atoms with Crippen LogP contribution >= 0.6 is 0 Å². The third-order valence-corrected chi connectivity index (χ3v) is 2.41. The number of hydrogen-bond donors (Lipinski definition) is 1. The normalized spacial score (nSPS) is 10.1. The van der Waals surface area contributed by atoms with Gasteiger partial charge in [-0.05, 0) is 48.5 Å². The molecule has 3 nitrogen and oxygen atoms in total. The summed E-state index contributed by atoms with van der Waals surface area (Å²) >= 11 is 0. The number of ether oxygens (including phenoxy) is 1. The average molecular weight is 245 g/mol. The second-order valence-electron chi connectivity index (χ2n) is 3.71. The van der Waals surface area contributed by atoms with Crippen LogP contribution in [0.2, 0.25) is 0 Å². The molecule has 0 saturated heterocycles. The molecule has 0 amide bonds. The number of carbonyl (C=O) groups excluding carboxylic acids is 1. The van der Waals surface area contributed by atoms with Crippen molar-refractivity contribution in [3.63, 3.8) is 0 Å². The summed E-state index contributed by atoms with van der Waals surface area (Å²) in [7, 11) is 0. The van der Waals surface area contributed by atoms with Crippen LogP contribution in [-0.2, 0) is 0 Å². The summed E-state index contributed by atoms with van der Waals surface area (Å²) in [6, 6.07) is 12.4. The van der Waals surface area contributed by atoms with Crippen LogP contribution in [0.5, 0.6) is 11.5 Å². The van der Waals surface area contributed by atoms with E-state index >= 15 is 0 Å². The molecule has 2 rings (SSSR count). The molecule has 0 fully saturated rings. The molecule has 0 spiro atoms. The minimum absolute atomic E-state index is 0.0157. The third kappa shape index (κ3) is 2.93. The van der Waals surface area contributed by atoms with Gasteiger partial charge in [0.15, 0.2) is 5.78 Å². The number of halogens is 1. The minimum atomic E-state index is -0.314. The molecule has 0 aliphatic carbocycles. The second-order valence-corrected chi connectivity index (χ2v) is 3.71. The molecule has 0 unspecified atom stereocenters. The topological polar surface area (TPSA) is 52.3 Å². The predicted octanol–water partition coefficient (Wildman–Crippen LogP) is 2.76. The summed E-state index contributed by atoms with van der Waals surface area (Å²) in [5, 5.41) is 0. The van der Waals surface area contributed by atoms with Gasteiger partial charge in [0.2, 0.25) is 0 Å². The zero-order chi connectivity index (χ0) is 13.0. The zero-order valence-electron chi connectivity index (χ0n) is 9.60. The first-order valence-corrected chi connectivity index (χ1v) is 5.46. The zero-order valence-corrected chi connectivity index (χ0v) is 9.60. The van der Waals surface area contributed by atoms with Crippen molar-refractivity contribution in [3.8, 4) is 11.5 Å². The molecular formula is C14H12FNO2. The summed E-state index contributed by atoms with van der Waals surface area (Å²) in [6.07, 6.45) is 0. The first-order chi connectivity index (χ1) is 8.69. The van der Waals surface area contributed by atoms with Gasteiger partial charge >= 0.3 is 0 Å². The Morgan fingerprint density at radius 3 is 2.00 bits per heavy atom. The molecule has 0 aromatic heterocycles. The van der Waals surface area contributed by atoms with Gasteiger partial charge < -0.3 is 10.5 Å². The standard InChI is InChI=1S/C14H12FNO2/c15-11-3-7-13(8-4-11)18-12-5-1-10(2-6-12)14(17)9-16/h1-8H,9,16H2. The van der Waals surface area contributed by atoms with Crippen molar-refractivity contribution in [2.45, 2.75) is 0 Å². The minimum Gasteiger partial charge on any atom is -0.457 e. The Morgan fingerprint density at radius 2 is 1.50 bits per heavy atom. The number of nitrogens with two attached hydrogens (primary N) is 1. The number of hydrogen-bond acceptors (Lipinski definition) is 3. The maximum atomic E-state index is 12.7. The van der Waals surface area contributed by atoms with Gasteiger partial charge in [-0.2, -0.15) is 0 Å². The van der Waals surface area contributed by atoms with Crippen LogP contribution in [0.15, 0.2) is 48.5 Å². The number of rotatable bonds is 4. The lowest BCUT2D eigenvalue weighted by molar-refractivity contribution is 0.100. The van der Waals surface area contributed by atoms with E-state index in [1.807, 2.05) is 0 Å². The Kier molecular flexibility index (Phi) is 3.69. The van der Waals surface area contributed by atoms with E-state index in [1.54, 1.807) is 24.3 Å². The van der Waals surface area contributed by atoms with Gasteiger partial charge in [0.05, 0.1) is 6.54 Å². The van der Waals surface area contributed by atoms with E-state index in [1.165, 1.54) is 24.3 Å². The van der Waals surface area contributed by atoms with Crippen LogP contribution in [0, 0.1) is 5.82 Å². The van der Waals surface area contributed by atoms with Gasteiger partial charge in [0.1, 0.15) is 17.3 Å². The summed E-state index contributed by atoms with van der Waals surface area (Å²) in [5.74, 6) is 0.680. The van der Waals surface area contributed by atoms with E-state index in [-0.39, 0.29) is 18.1 Å². The van der Waals surface area contributed by atoms with Gasteiger partial charge in [-0.1, -0.05) is 0 Å². The fourth-order valence-electron chi connectivity index (χ4n) is 1.47. The molecule has 18 heavy (non-hydrogen) atoms. The number of carbonyl (C=O) groups is 1. The molecule has 4 heteroatoms. The van der Waals surface area contributed by atoms with Crippen molar-refractivity contribution in [2.75, 3.05) is 6.54 Å². The van der Waals surface area contributed by atoms with Gasteiger partial charge in [-0.15, -0.1) is 0 Å². The van der Waals surface area contributed by atoms with Gasteiger partial charge in [-0.25, -0.2) is 4.39 Å². The largest absolute Gasteiger partial charge is 0.457 e. The van der Waals surface area contributed by atoms with Crippen LogP contribution in [-0.4, -0.2) is 12.3 Å². The van der Waals surface area contributed by atoms with Crippen molar-refractivity contribution in [2.24, 2.45) is 5.73 Å². The fraction of sp³-hybridized carbons (Fsp3) is 0.0714. The highest BCUT2D eigenvalue weighted by molar-refractivity contribution is 5.97. The van der Waals surface area contributed by atoms with Crippen LogP contribution in [0.3, 0.4) is 0 Å². The van der Waals surface area contributed by atoms with E-state index in [4.69, 9.17) is 10.5 Å².